The number of aromatic nitrogens is 3. The smallest absolute Gasteiger partial charge is 0.263 e. The molecule has 2 aromatic heterocycles. The fraction of sp³-hybridized carbons (Fsp3) is 0.0667. The minimum atomic E-state index is -0.562. The molecule has 0 aliphatic carbocycles. The number of fused-ring (bicyclic) bond motifs is 1. The van der Waals surface area contributed by atoms with Crippen LogP contribution in [0.4, 0.5) is 5.82 Å². The lowest BCUT2D eigenvalue weighted by molar-refractivity contribution is -0.116. The Morgan fingerprint density at radius 2 is 2.04 bits per heavy atom. The van der Waals surface area contributed by atoms with Crippen LogP contribution in [0, 0.1) is 0 Å². The summed E-state index contributed by atoms with van der Waals surface area (Å²) >= 11 is 11.8. The number of phenols is 1. The minimum absolute atomic E-state index is 0.00768. The SMILES string of the molecule is O=C(Cn1cnc2c(O)c(Cl)cc(Cl)c2c1=O)Nc1ccccn1. The Balaban J connectivity index is 1.95. The van der Waals surface area contributed by atoms with Gasteiger partial charge in [0.05, 0.1) is 21.8 Å². The Labute approximate surface area is 145 Å². The van der Waals surface area contributed by atoms with Crippen LogP contribution in [0.3, 0.4) is 0 Å². The van der Waals surface area contributed by atoms with E-state index in [-0.39, 0.29) is 33.2 Å². The quantitative estimate of drug-likeness (QED) is 0.743. The average Bonchev–Trinajstić information content (AvgIpc) is 2.55. The van der Waals surface area contributed by atoms with Gasteiger partial charge < -0.3 is 10.4 Å². The van der Waals surface area contributed by atoms with Gasteiger partial charge in [0.15, 0.2) is 5.75 Å². The number of rotatable bonds is 3. The van der Waals surface area contributed by atoms with Gasteiger partial charge in [0.1, 0.15) is 17.9 Å². The summed E-state index contributed by atoms with van der Waals surface area (Å²) in [6, 6.07) is 6.31. The van der Waals surface area contributed by atoms with Crippen molar-refractivity contribution in [1.82, 2.24) is 14.5 Å². The van der Waals surface area contributed by atoms with Crippen molar-refractivity contribution in [2.75, 3.05) is 5.32 Å². The summed E-state index contributed by atoms with van der Waals surface area (Å²) in [5.41, 5.74) is -0.577. The molecular formula is C15H10Cl2N4O3. The third-order valence-corrected chi connectivity index (χ3v) is 3.81. The van der Waals surface area contributed by atoms with E-state index in [1.54, 1.807) is 18.2 Å². The number of halogens is 2. The summed E-state index contributed by atoms with van der Waals surface area (Å²) in [5, 5.41) is 12.5. The van der Waals surface area contributed by atoms with Crippen LogP contribution < -0.4 is 10.9 Å². The standard InChI is InChI=1S/C15H10Cl2N4O3/c16-8-5-9(17)14(23)13-12(8)15(24)21(7-19-13)6-11(22)20-10-3-1-2-4-18-10/h1-5,7,23H,6H2,(H,18,20,22). The summed E-state index contributed by atoms with van der Waals surface area (Å²) in [6.45, 7) is -0.280. The number of nitrogens with zero attached hydrogens (tertiary/aromatic N) is 3. The van der Waals surface area contributed by atoms with E-state index in [9.17, 15) is 14.7 Å². The normalized spacial score (nSPS) is 10.8. The Morgan fingerprint density at radius 3 is 2.75 bits per heavy atom. The van der Waals surface area contributed by atoms with Crippen LogP contribution in [-0.2, 0) is 11.3 Å². The molecule has 0 spiro atoms. The molecule has 0 radical (unpaired) electrons. The van der Waals surface area contributed by atoms with Crippen LogP contribution in [-0.4, -0.2) is 25.5 Å². The minimum Gasteiger partial charge on any atom is -0.504 e. The zero-order chi connectivity index (χ0) is 17.3. The summed E-state index contributed by atoms with van der Waals surface area (Å²) in [7, 11) is 0. The molecule has 0 bridgehead atoms. The molecular weight excluding hydrogens is 355 g/mol. The number of phenolic OH excluding ortho intramolecular Hbond substituents is 1. The summed E-state index contributed by atoms with van der Waals surface area (Å²) in [4.78, 5) is 32.5. The number of aromatic hydroxyl groups is 1. The summed E-state index contributed by atoms with van der Waals surface area (Å²) in [5.74, 6) is -0.420. The molecule has 24 heavy (non-hydrogen) atoms. The monoisotopic (exact) mass is 364 g/mol. The van der Waals surface area contributed by atoms with Gasteiger partial charge in [-0.25, -0.2) is 9.97 Å². The lowest BCUT2D eigenvalue weighted by atomic mass is 10.2. The lowest BCUT2D eigenvalue weighted by Gasteiger charge is -2.09. The van der Waals surface area contributed by atoms with Gasteiger partial charge in [0.2, 0.25) is 5.91 Å². The Morgan fingerprint density at radius 1 is 1.25 bits per heavy atom. The fourth-order valence-electron chi connectivity index (χ4n) is 2.14. The number of hydrogen-bond donors (Lipinski definition) is 2. The number of hydrogen-bond acceptors (Lipinski definition) is 5. The number of carbonyl (C=O) groups is 1. The van der Waals surface area contributed by atoms with Crippen LogP contribution in [0.2, 0.25) is 10.0 Å². The molecule has 0 fully saturated rings. The number of carbonyl (C=O) groups excluding carboxylic acids is 1. The van der Waals surface area contributed by atoms with Crippen molar-refractivity contribution < 1.29 is 9.90 Å². The highest BCUT2D eigenvalue weighted by molar-refractivity contribution is 6.39. The molecule has 0 aliphatic rings. The first-order valence-corrected chi connectivity index (χ1v) is 7.50. The van der Waals surface area contributed by atoms with E-state index in [4.69, 9.17) is 23.2 Å². The molecule has 2 heterocycles. The second kappa shape index (κ2) is 6.46. The number of pyridine rings is 1. The van der Waals surface area contributed by atoms with Gasteiger partial charge in [0.25, 0.3) is 5.56 Å². The molecule has 0 unspecified atom stereocenters. The molecule has 0 aliphatic heterocycles. The van der Waals surface area contributed by atoms with Crippen molar-refractivity contribution >= 4 is 45.8 Å². The molecule has 2 N–H and O–H groups in total. The van der Waals surface area contributed by atoms with Crippen molar-refractivity contribution in [3.8, 4) is 5.75 Å². The second-order valence-corrected chi connectivity index (χ2v) is 5.67. The maximum atomic E-state index is 12.5. The molecule has 1 amide bonds. The fourth-order valence-corrected chi connectivity index (χ4v) is 2.67. The molecule has 0 atom stereocenters. The number of anilines is 1. The maximum Gasteiger partial charge on any atom is 0.263 e. The number of amides is 1. The first kappa shape index (κ1) is 16.2. The molecule has 122 valence electrons. The summed E-state index contributed by atoms with van der Waals surface area (Å²) in [6.07, 6.45) is 2.68. The Hall–Kier alpha value is -2.64. The third kappa shape index (κ3) is 3.04. The Kier molecular flexibility index (Phi) is 4.37. The van der Waals surface area contributed by atoms with E-state index in [0.29, 0.717) is 5.82 Å². The zero-order valence-electron chi connectivity index (χ0n) is 12.0. The van der Waals surface area contributed by atoms with Gasteiger partial charge in [-0.05, 0) is 18.2 Å². The third-order valence-electron chi connectivity index (χ3n) is 3.23. The predicted molar refractivity (Wildman–Crippen MR) is 90.6 cm³/mol. The van der Waals surface area contributed by atoms with E-state index in [0.717, 1.165) is 10.9 Å². The van der Waals surface area contributed by atoms with E-state index >= 15 is 0 Å². The molecule has 0 saturated heterocycles. The van der Waals surface area contributed by atoms with Crippen molar-refractivity contribution in [3.05, 3.63) is 57.2 Å². The first-order chi connectivity index (χ1) is 11.5. The van der Waals surface area contributed by atoms with Crippen LogP contribution >= 0.6 is 23.2 Å². The van der Waals surface area contributed by atoms with Gasteiger partial charge in [-0.1, -0.05) is 29.3 Å². The molecule has 7 nitrogen and oxygen atoms in total. The number of nitrogens with one attached hydrogen (secondary N) is 1. The average molecular weight is 365 g/mol. The van der Waals surface area contributed by atoms with Gasteiger partial charge in [-0.15, -0.1) is 0 Å². The van der Waals surface area contributed by atoms with Crippen molar-refractivity contribution in [2.24, 2.45) is 0 Å². The van der Waals surface area contributed by atoms with Gasteiger partial charge in [0, 0.05) is 6.20 Å². The van der Waals surface area contributed by atoms with Crippen molar-refractivity contribution in [2.45, 2.75) is 6.54 Å². The van der Waals surface area contributed by atoms with Gasteiger partial charge in [-0.2, -0.15) is 0 Å². The van der Waals surface area contributed by atoms with Crippen LogP contribution in [0.5, 0.6) is 5.75 Å². The molecule has 1 aromatic carbocycles. The molecule has 3 aromatic rings. The van der Waals surface area contributed by atoms with Gasteiger partial charge in [-0.3, -0.25) is 14.2 Å². The van der Waals surface area contributed by atoms with E-state index in [1.807, 2.05) is 0 Å². The molecule has 9 heteroatoms. The van der Waals surface area contributed by atoms with Crippen LogP contribution in [0.25, 0.3) is 10.9 Å². The predicted octanol–water partition coefficient (Wildman–Crippen LogP) is 2.44. The zero-order valence-corrected chi connectivity index (χ0v) is 13.5. The topological polar surface area (TPSA) is 97.1 Å². The van der Waals surface area contributed by atoms with Crippen molar-refractivity contribution in [1.29, 1.82) is 0 Å². The van der Waals surface area contributed by atoms with Crippen molar-refractivity contribution in [3.63, 3.8) is 0 Å². The number of benzene rings is 1. The van der Waals surface area contributed by atoms with E-state index in [2.05, 4.69) is 15.3 Å². The highest BCUT2D eigenvalue weighted by Crippen LogP contribution is 2.34. The first-order valence-electron chi connectivity index (χ1n) is 6.74. The van der Waals surface area contributed by atoms with Crippen LogP contribution in [0.1, 0.15) is 0 Å². The second-order valence-electron chi connectivity index (χ2n) is 4.85. The maximum absolute atomic E-state index is 12.5. The van der Waals surface area contributed by atoms with E-state index in [1.165, 1.54) is 12.3 Å². The lowest BCUT2D eigenvalue weighted by Crippen LogP contribution is -2.28. The van der Waals surface area contributed by atoms with E-state index < -0.39 is 11.5 Å². The molecule has 0 saturated carbocycles. The highest BCUT2D eigenvalue weighted by Gasteiger charge is 2.16. The largest absolute Gasteiger partial charge is 0.504 e. The van der Waals surface area contributed by atoms with Gasteiger partial charge >= 0.3 is 0 Å². The van der Waals surface area contributed by atoms with Crippen LogP contribution in [0.15, 0.2) is 41.6 Å². The summed E-state index contributed by atoms with van der Waals surface area (Å²) < 4.78 is 1.08. The Bertz CT molecular complexity index is 989. The molecule has 3 rings (SSSR count). The highest BCUT2D eigenvalue weighted by atomic mass is 35.5.